The Balaban J connectivity index is 1.48. The molecule has 2 N–H and O–H groups in total. The third kappa shape index (κ3) is 4.79. The van der Waals surface area contributed by atoms with Crippen LogP contribution in [0.3, 0.4) is 0 Å². The van der Waals surface area contributed by atoms with Crippen LogP contribution in [-0.2, 0) is 9.59 Å². The Hall–Kier alpha value is -4.10. The first-order valence-corrected chi connectivity index (χ1v) is 10.1. The van der Waals surface area contributed by atoms with Crippen LogP contribution >= 0.6 is 11.6 Å². The number of hydrogen-bond donors (Lipinski definition) is 2. The molecule has 3 aromatic rings. The Kier molecular flexibility index (Phi) is 6.19. The fourth-order valence-corrected chi connectivity index (χ4v) is 3.23. The van der Waals surface area contributed by atoms with E-state index in [0.717, 1.165) is 4.90 Å². The Morgan fingerprint density at radius 1 is 0.969 bits per heavy atom. The minimum Gasteiger partial charge on any atom is -0.483 e. The normalized spacial score (nSPS) is 14.4. The van der Waals surface area contributed by atoms with Crippen molar-refractivity contribution in [1.29, 1.82) is 0 Å². The molecule has 0 spiro atoms. The first-order chi connectivity index (χ1) is 15.5. The average Bonchev–Trinajstić information content (AvgIpc) is 3.07. The third-order valence-electron chi connectivity index (χ3n) is 4.60. The second-order valence-corrected chi connectivity index (χ2v) is 7.28. The maximum atomic E-state index is 12.8. The van der Waals surface area contributed by atoms with Crippen LogP contribution in [0.5, 0.6) is 5.75 Å². The number of imide groups is 1. The fraction of sp³-hybridized carbons (Fsp3) is 0.0417. The van der Waals surface area contributed by atoms with Gasteiger partial charge in [-0.1, -0.05) is 48.0 Å². The van der Waals surface area contributed by atoms with Gasteiger partial charge < -0.3 is 15.4 Å². The van der Waals surface area contributed by atoms with Gasteiger partial charge in [-0.25, -0.2) is 9.69 Å². The summed E-state index contributed by atoms with van der Waals surface area (Å²) >= 11 is 5.88. The van der Waals surface area contributed by atoms with Crippen molar-refractivity contribution in [1.82, 2.24) is 5.32 Å². The van der Waals surface area contributed by atoms with E-state index in [0.29, 0.717) is 27.7 Å². The standard InChI is InChI=1S/C24H18ClN3O4/c25-17-10-12-19(13-11-17)28-23(30)20(27-24(28)31)14-16-6-4-5-9-21(16)32-15-22(29)26-18-7-2-1-3-8-18/h1-14H,15H2,(H,26,29)(H,27,31)/b20-14+. The summed E-state index contributed by atoms with van der Waals surface area (Å²) in [6.45, 7) is -0.216. The van der Waals surface area contributed by atoms with E-state index in [2.05, 4.69) is 10.6 Å². The molecule has 160 valence electrons. The third-order valence-corrected chi connectivity index (χ3v) is 4.85. The van der Waals surface area contributed by atoms with Crippen molar-refractivity contribution >= 4 is 46.9 Å². The van der Waals surface area contributed by atoms with Gasteiger partial charge in [0.1, 0.15) is 11.4 Å². The zero-order chi connectivity index (χ0) is 22.5. The van der Waals surface area contributed by atoms with Crippen molar-refractivity contribution < 1.29 is 19.1 Å². The van der Waals surface area contributed by atoms with Gasteiger partial charge in [-0.05, 0) is 48.5 Å². The Bertz CT molecular complexity index is 1190. The number of rotatable bonds is 6. The SMILES string of the molecule is O=C(COc1ccccc1/C=C1/NC(=O)N(c2ccc(Cl)cc2)C1=O)Nc1ccccc1. The number of halogens is 1. The number of carbonyl (C=O) groups is 3. The molecule has 4 rings (SSSR count). The minimum absolute atomic E-state index is 0.0923. The highest BCUT2D eigenvalue weighted by atomic mass is 35.5. The molecule has 1 saturated heterocycles. The lowest BCUT2D eigenvalue weighted by molar-refractivity contribution is -0.118. The molecule has 1 aliphatic rings. The predicted octanol–water partition coefficient (Wildman–Crippen LogP) is 4.45. The van der Waals surface area contributed by atoms with E-state index < -0.39 is 11.9 Å². The zero-order valence-electron chi connectivity index (χ0n) is 16.7. The molecule has 1 heterocycles. The van der Waals surface area contributed by atoms with Crippen molar-refractivity contribution in [2.24, 2.45) is 0 Å². The largest absolute Gasteiger partial charge is 0.483 e. The summed E-state index contributed by atoms with van der Waals surface area (Å²) in [4.78, 5) is 38.4. The summed E-state index contributed by atoms with van der Waals surface area (Å²) in [5.41, 5.74) is 1.71. The van der Waals surface area contributed by atoms with Crippen LogP contribution < -0.4 is 20.3 Å². The molecule has 4 amide bonds. The summed E-state index contributed by atoms with van der Waals surface area (Å²) in [6.07, 6.45) is 1.51. The van der Waals surface area contributed by atoms with E-state index in [9.17, 15) is 14.4 Å². The average molecular weight is 448 g/mol. The molecule has 0 bridgehead atoms. The number of nitrogens with one attached hydrogen (secondary N) is 2. The van der Waals surface area contributed by atoms with Crippen LogP contribution in [0.15, 0.2) is 84.6 Å². The number of amides is 4. The van der Waals surface area contributed by atoms with Gasteiger partial charge in [-0.2, -0.15) is 0 Å². The van der Waals surface area contributed by atoms with Crippen molar-refractivity contribution in [3.63, 3.8) is 0 Å². The van der Waals surface area contributed by atoms with E-state index in [1.807, 2.05) is 18.2 Å². The number of hydrogen-bond acceptors (Lipinski definition) is 4. The van der Waals surface area contributed by atoms with Crippen molar-refractivity contribution in [3.8, 4) is 5.75 Å². The van der Waals surface area contributed by atoms with Gasteiger partial charge in [0, 0.05) is 16.3 Å². The first kappa shape index (κ1) is 21.1. The number of carbonyl (C=O) groups excluding carboxylic acids is 3. The van der Waals surface area contributed by atoms with Gasteiger partial charge in [0.25, 0.3) is 11.8 Å². The summed E-state index contributed by atoms with van der Waals surface area (Å²) in [6, 6.07) is 21.8. The molecular formula is C24H18ClN3O4. The van der Waals surface area contributed by atoms with Crippen LogP contribution in [-0.4, -0.2) is 24.5 Å². The molecular weight excluding hydrogens is 430 g/mol. The van der Waals surface area contributed by atoms with E-state index in [-0.39, 0.29) is 18.2 Å². The summed E-state index contributed by atoms with van der Waals surface area (Å²) < 4.78 is 5.66. The Morgan fingerprint density at radius 2 is 1.66 bits per heavy atom. The molecule has 32 heavy (non-hydrogen) atoms. The number of anilines is 2. The van der Waals surface area contributed by atoms with Crippen molar-refractivity contribution in [3.05, 3.63) is 95.1 Å². The molecule has 3 aromatic carbocycles. The van der Waals surface area contributed by atoms with Gasteiger partial charge >= 0.3 is 6.03 Å². The summed E-state index contributed by atoms with van der Waals surface area (Å²) in [7, 11) is 0. The summed E-state index contributed by atoms with van der Waals surface area (Å²) in [5.74, 6) is -0.429. The van der Waals surface area contributed by atoms with Gasteiger partial charge in [-0.15, -0.1) is 0 Å². The maximum absolute atomic E-state index is 12.8. The molecule has 0 aromatic heterocycles. The number of ether oxygens (including phenoxy) is 1. The number of benzene rings is 3. The molecule has 0 saturated carbocycles. The molecule has 0 radical (unpaired) electrons. The van der Waals surface area contributed by atoms with E-state index >= 15 is 0 Å². The molecule has 0 atom stereocenters. The van der Waals surface area contributed by atoms with Crippen LogP contribution in [0.2, 0.25) is 5.02 Å². The van der Waals surface area contributed by atoms with E-state index in [1.165, 1.54) is 6.08 Å². The monoisotopic (exact) mass is 447 g/mol. The molecule has 8 heteroatoms. The second kappa shape index (κ2) is 9.36. The Labute approximate surface area is 189 Å². The molecule has 1 aliphatic heterocycles. The number of nitrogens with zero attached hydrogens (tertiary/aromatic N) is 1. The molecule has 0 unspecified atom stereocenters. The topological polar surface area (TPSA) is 87.7 Å². The lowest BCUT2D eigenvalue weighted by atomic mass is 10.1. The zero-order valence-corrected chi connectivity index (χ0v) is 17.5. The highest BCUT2D eigenvalue weighted by Crippen LogP contribution is 2.26. The minimum atomic E-state index is -0.566. The van der Waals surface area contributed by atoms with Crippen LogP contribution in [0, 0.1) is 0 Å². The van der Waals surface area contributed by atoms with Crippen molar-refractivity contribution in [2.75, 3.05) is 16.8 Å². The molecule has 7 nitrogen and oxygen atoms in total. The quantitative estimate of drug-likeness (QED) is 0.431. The van der Waals surface area contributed by atoms with Crippen LogP contribution in [0.1, 0.15) is 5.56 Å². The lowest BCUT2D eigenvalue weighted by Gasteiger charge is -2.11. The fourth-order valence-electron chi connectivity index (χ4n) is 3.11. The Morgan fingerprint density at radius 3 is 2.41 bits per heavy atom. The molecule has 1 fully saturated rings. The number of urea groups is 1. The second-order valence-electron chi connectivity index (χ2n) is 6.85. The summed E-state index contributed by atoms with van der Waals surface area (Å²) in [5, 5.41) is 5.81. The van der Waals surface area contributed by atoms with E-state index in [4.69, 9.17) is 16.3 Å². The van der Waals surface area contributed by atoms with Crippen LogP contribution in [0.4, 0.5) is 16.2 Å². The van der Waals surface area contributed by atoms with Crippen LogP contribution in [0.25, 0.3) is 6.08 Å². The first-order valence-electron chi connectivity index (χ1n) is 9.71. The van der Waals surface area contributed by atoms with Crippen molar-refractivity contribution in [2.45, 2.75) is 0 Å². The smallest absolute Gasteiger partial charge is 0.333 e. The van der Waals surface area contributed by atoms with Gasteiger partial charge in [0.05, 0.1) is 5.69 Å². The highest BCUT2D eigenvalue weighted by Gasteiger charge is 2.35. The molecule has 0 aliphatic carbocycles. The van der Waals surface area contributed by atoms with E-state index in [1.54, 1.807) is 60.7 Å². The van der Waals surface area contributed by atoms with Gasteiger partial charge in [-0.3, -0.25) is 9.59 Å². The maximum Gasteiger partial charge on any atom is 0.333 e. The predicted molar refractivity (Wildman–Crippen MR) is 122 cm³/mol. The highest BCUT2D eigenvalue weighted by molar-refractivity contribution is 6.31. The van der Waals surface area contributed by atoms with Gasteiger partial charge in [0.15, 0.2) is 6.61 Å². The lowest BCUT2D eigenvalue weighted by Crippen LogP contribution is -2.30. The number of para-hydroxylation sites is 2. The van der Waals surface area contributed by atoms with Gasteiger partial charge in [0.2, 0.25) is 0 Å².